The smallest absolute Gasteiger partial charge is 0.335 e. The fraction of sp³-hybridized carbons (Fsp3) is 0.467. The number of carboxylic acids is 1. The average molecular weight is 294 g/mol. The van der Waals surface area contributed by atoms with E-state index in [1.807, 2.05) is 13.8 Å². The molecule has 1 amide bonds. The first-order valence-electron chi connectivity index (χ1n) is 6.76. The number of nitrogens with one attached hydrogen (secondary N) is 2. The maximum absolute atomic E-state index is 11.6. The molecule has 116 valence electrons. The van der Waals surface area contributed by atoms with Crippen molar-refractivity contribution >= 4 is 11.9 Å². The predicted molar refractivity (Wildman–Crippen MR) is 79.6 cm³/mol. The highest BCUT2D eigenvalue weighted by Gasteiger charge is 2.25. The van der Waals surface area contributed by atoms with Gasteiger partial charge in [-0.2, -0.15) is 0 Å². The van der Waals surface area contributed by atoms with Crippen molar-refractivity contribution in [2.45, 2.75) is 13.8 Å². The molecule has 6 heteroatoms. The summed E-state index contributed by atoms with van der Waals surface area (Å²) in [6.45, 7) is 5.32. The third kappa shape index (κ3) is 5.43. The standard InChI is InChI=1S/C15H22N2O4/c1-15(2,14(20)16-3)10-17-8-9-21-12-6-4-11(5-7-12)13(18)19/h4-7,17H,8-10H2,1-3H3,(H,16,20)(H,18,19). The molecule has 0 heterocycles. The van der Waals surface area contributed by atoms with Gasteiger partial charge in [-0.15, -0.1) is 0 Å². The van der Waals surface area contributed by atoms with E-state index >= 15 is 0 Å². The Balaban J connectivity index is 2.28. The van der Waals surface area contributed by atoms with Crippen molar-refractivity contribution in [3.8, 4) is 5.75 Å². The van der Waals surface area contributed by atoms with Gasteiger partial charge in [-0.05, 0) is 38.1 Å². The summed E-state index contributed by atoms with van der Waals surface area (Å²) in [5.74, 6) is -0.354. The average Bonchev–Trinajstić information content (AvgIpc) is 2.46. The first-order chi connectivity index (χ1) is 9.86. The lowest BCUT2D eigenvalue weighted by atomic mass is 9.92. The first kappa shape index (κ1) is 17.0. The van der Waals surface area contributed by atoms with Crippen LogP contribution in [0.4, 0.5) is 0 Å². The number of carbonyl (C=O) groups excluding carboxylic acids is 1. The van der Waals surface area contributed by atoms with Crippen LogP contribution in [-0.2, 0) is 4.79 Å². The quantitative estimate of drug-likeness (QED) is 0.626. The zero-order valence-electron chi connectivity index (χ0n) is 12.6. The Hall–Kier alpha value is -2.08. The van der Waals surface area contributed by atoms with Crippen LogP contribution in [0, 0.1) is 5.41 Å². The maximum Gasteiger partial charge on any atom is 0.335 e. The van der Waals surface area contributed by atoms with E-state index < -0.39 is 11.4 Å². The van der Waals surface area contributed by atoms with Crippen molar-refractivity contribution in [1.82, 2.24) is 10.6 Å². The molecule has 3 N–H and O–H groups in total. The summed E-state index contributed by atoms with van der Waals surface area (Å²) in [5.41, 5.74) is -0.245. The number of aromatic carboxylic acids is 1. The maximum atomic E-state index is 11.6. The number of hydrogen-bond acceptors (Lipinski definition) is 4. The monoisotopic (exact) mass is 294 g/mol. The number of carbonyl (C=O) groups is 2. The van der Waals surface area contributed by atoms with Gasteiger partial charge in [0, 0.05) is 20.1 Å². The lowest BCUT2D eigenvalue weighted by molar-refractivity contribution is -0.128. The SMILES string of the molecule is CNC(=O)C(C)(C)CNCCOc1ccc(C(=O)O)cc1. The van der Waals surface area contributed by atoms with Crippen molar-refractivity contribution in [2.75, 3.05) is 26.7 Å². The second-order valence-electron chi connectivity index (χ2n) is 5.32. The molecule has 0 saturated heterocycles. The Labute approximate surface area is 124 Å². The van der Waals surface area contributed by atoms with Crippen molar-refractivity contribution in [3.63, 3.8) is 0 Å². The lowest BCUT2D eigenvalue weighted by Crippen LogP contribution is -2.42. The van der Waals surface area contributed by atoms with E-state index in [9.17, 15) is 9.59 Å². The molecular formula is C15H22N2O4. The van der Waals surface area contributed by atoms with Gasteiger partial charge in [0.2, 0.25) is 5.91 Å². The molecule has 0 radical (unpaired) electrons. The van der Waals surface area contributed by atoms with Crippen molar-refractivity contribution in [1.29, 1.82) is 0 Å². The van der Waals surface area contributed by atoms with Crippen molar-refractivity contribution in [2.24, 2.45) is 5.41 Å². The van der Waals surface area contributed by atoms with Crippen LogP contribution in [0.15, 0.2) is 24.3 Å². The topological polar surface area (TPSA) is 87.7 Å². The Morgan fingerprint density at radius 3 is 2.38 bits per heavy atom. The molecule has 21 heavy (non-hydrogen) atoms. The highest BCUT2D eigenvalue weighted by Crippen LogP contribution is 2.13. The summed E-state index contributed by atoms with van der Waals surface area (Å²) >= 11 is 0. The molecule has 1 aromatic rings. The molecule has 0 saturated carbocycles. The van der Waals surface area contributed by atoms with Crippen molar-refractivity contribution in [3.05, 3.63) is 29.8 Å². The van der Waals surface area contributed by atoms with Crippen LogP contribution in [-0.4, -0.2) is 43.7 Å². The third-order valence-corrected chi connectivity index (χ3v) is 3.06. The summed E-state index contributed by atoms with van der Waals surface area (Å²) in [7, 11) is 1.62. The van der Waals surface area contributed by atoms with E-state index in [-0.39, 0.29) is 11.5 Å². The van der Waals surface area contributed by atoms with E-state index in [2.05, 4.69) is 10.6 Å². The molecule has 0 bridgehead atoms. The van der Waals surface area contributed by atoms with Gasteiger partial charge in [-0.25, -0.2) is 4.79 Å². The second kappa shape index (κ2) is 7.64. The molecule has 1 aromatic carbocycles. The van der Waals surface area contributed by atoms with Crippen LogP contribution >= 0.6 is 0 Å². The van der Waals surface area contributed by atoms with Crippen LogP contribution in [0.25, 0.3) is 0 Å². The summed E-state index contributed by atoms with van der Waals surface area (Å²) in [5, 5.41) is 14.6. The van der Waals surface area contributed by atoms with Gasteiger partial charge in [0.25, 0.3) is 0 Å². The molecule has 6 nitrogen and oxygen atoms in total. The minimum atomic E-state index is -0.959. The molecule has 0 fully saturated rings. The number of amides is 1. The number of carboxylic acid groups (broad SMARTS) is 1. The van der Waals surface area contributed by atoms with Gasteiger partial charge in [-0.3, -0.25) is 4.79 Å². The number of hydrogen-bond donors (Lipinski definition) is 3. The fourth-order valence-electron chi connectivity index (χ4n) is 1.75. The Morgan fingerprint density at radius 2 is 1.86 bits per heavy atom. The number of ether oxygens (including phenoxy) is 1. The predicted octanol–water partition coefficient (Wildman–Crippen LogP) is 1.13. The van der Waals surface area contributed by atoms with E-state index in [4.69, 9.17) is 9.84 Å². The lowest BCUT2D eigenvalue weighted by Gasteiger charge is -2.22. The summed E-state index contributed by atoms with van der Waals surface area (Å²) in [4.78, 5) is 22.3. The first-order valence-corrected chi connectivity index (χ1v) is 6.76. The van der Waals surface area contributed by atoms with Crippen LogP contribution < -0.4 is 15.4 Å². The molecule has 0 atom stereocenters. The van der Waals surface area contributed by atoms with Crippen molar-refractivity contribution < 1.29 is 19.4 Å². The zero-order valence-corrected chi connectivity index (χ0v) is 12.6. The van der Waals surface area contributed by atoms with Crippen LogP contribution in [0.3, 0.4) is 0 Å². The Morgan fingerprint density at radius 1 is 1.24 bits per heavy atom. The van der Waals surface area contributed by atoms with Crippen LogP contribution in [0.2, 0.25) is 0 Å². The third-order valence-electron chi connectivity index (χ3n) is 3.06. The van der Waals surface area contributed by atoms with Gasteiger partial charge in [0.05, 0.1) is 11.0 Å². The largest absolute Gasteiger partial charge is 0.492 e. The van der Waals surface area contributed by atoms with Gasteiger partial charge in [-0.1, -0.05) is 0 Å². The normalized spacial score (nSPS) is 11.0. The summed E-state index contributed by atoms with van der Waals surface area (Å²) in [6, 6.07) is 6.25. The highest BCUT2D eigenvalue weighted by molar-refractivity contribution is 5.87. The Bertz CT molecular complexity index is 483. The summed E-state index contributed by atoms with van der Waals surface area (Å²) in [6.07, 6.45) is 0. The van der Waals surface area contributed by atoms with E-state index in [0.29, 0.717) is 25.4 Å². The van der Waals surface area contributed by atoms with Crippen LogP contribution in [0.5, 0.6) is 5.75 Å². The molecular weight excluding hydrogens is 272 g/mol. The highest BCUT2D eigenvalue weighted by atomic mass is 16.5. The van der Waals surface area contributed by atoms with Crippen LogP contribution in [0.1, 0.15) is 24.2 Å². The fourth-order valence-corrected chi connectivity index (χ4v) is 1.75. The minimum absolute atomic E-state index is 0.0137. The van der Waals surface area contributed by atoms with Gasteiger partial charge in [0.1, 0.15) is 12.4 Å². The molecule has 0 spiro atoms. The second-order valence-corrected chi connectivity index (χ2v) is 5.32. The molecule has 1 rings (SSSR count). The zero-order chi connectivity index (χ0) is 15.9. The van der Waals surface area contributed by atoms with Gasteiger partial charge in [0.15, 0.2) is 0 Å². The van der Waals surface area contributed by atoms with Gasteiger partial charge >= 0.3 is 5.97 Å². The van der Waals surface area contributed by atoms with Gasteiger partial charge < -0.3 is 20.5 Å². The summed E-state index contributed by atoms with van der Waals surface area (Å²) < 4.78 is 5.49. The molecule has 0 aliphatic carbocycles. The Kier molecular flexibility index (Phi) is 6.17. The van der Waals surface area contributed by atoms with E-state index in [1.165, 1.54) is 12.1 Å². The molecule has 0 aromatic heterocycles. The van der Waals surface area contributed by atoms with E-state index in [1.54, 1.807) is 19.2 Å². The van der Waals surface area contributed by atoms with E-state index in [0.717, 1.165) is 0 Å². The molecule has 0 unspecified atom stereocenters. The molecule has 0 aliphatic heterocycles. The minimum Gasteiger partial charge on any atom is -0.492 e. The number of rotatable bonds is 8. The number of benzene rings is 1. The molecule has 0 aliphatic rings.